The molecule has 0 amide bonds. The molecule has 5 heteroatoms. The van der Waals surface area contributed by atoms with Crippen LogP contribution in [0.25, 0.3) is 0 Å². The first-order chi connectivity index (χ1) is 8.11. The van der Waals surface area contributed by atoms with Gasteiger partial charge < -0.3 is 15.2 Å². The number of benzene rings is 1. The van der Waals surface area contributed by atoms with Crippen LogP contribution in [0.4, 0.5) is 0 Å². The van der Waals surface area contributed by atoms with Gasteiger partial charge in [0, 0.05) is 6.54 Å². The zero-order valence-corrected chi connectivity index (χ0v) is 9.60. The highest BCUT2D eigenvalue weighted by molar-refractivity contribution is 5.71. The third-order valence-electron chi connectivity index (χ3n) is 2.20. The number of methoxy groups -OCH3 is 1. The van der Waals surface area contributed by atoms with Crippen LogP contribution in [-0.4, -0.2) is 30.7 Å². The van der Waals surface area contributed by atoms with Gasteiger partial charge in [0.1, 0.15) is 0 Å². The summed E-state index contributed by atoms with van der Waals surface area (Å²) in [5.41, 5.74) is 1.75. The molecule has 1 rings (SSSR count). The zero-order chi connectivity index (χ0) is 12.7. The summed E-state index contributed by atoms with van der Waals surface area (Å²) in [6, 6.07) is 7.21. The third-order valence-corrected chi connectivity index (χ3v) is 2.20. The number of carboxylic acids is 1. The van der Waals surface area contributed by atoms with E-state index in [9.17, 15) is 9.59 Å². The highest BCUT2D eigenvalue weighted by Gasteiger charge is 2.01. The molecule has 0 radical (unpaired) electrons. The van der Waals surface area contributed by atoms with Gasteiger partial charge in [-0.2, -0.15) is 0 Å². The highest BCUT2D eigenvalue weighted by atomic mass is 16.5. The number of nitrogens with one attached hydrogen (secondary N) is 1. The maximum Gasteiger partial charge on any atom is 0.319 e. The quantitative estimate of drug-likeness (QED) is 0.708. The summed E-state index contributed by atoms with van der Waals surface area (Å²) in [5, 5.41) is 11.5. The summed E-state index contributed by atoms with van der Waals surface area (Å²) in [6.07, 6.45) is 0.0237. The van der Waals surface area contributed by atoms with Crippen LogP contribution in [-0.2, 0) is 27.3 Å². The molecule has 0 spiro atoms. The number of carboxylic acid groups (broad SMARTS) is 1. The van der Waals surface area contributed by atoms with E-state index in [0.29, 0.717) is 6.54 Å². The van der Waals surface area contributed by atoms with Crippen molar-refractivity contribution in [3.8, 4) is 0 Å². The van der Waals surface area contributed by atoms with Crippen LogP contribution in [0.15, 0.2) is 24.3 Å². The van der Waals surface area contributed by atoms with Crippen molar-refractivity contribution in [3.05, 3.63) is 35.4 Å². The van der Waals surface area contributed by atoms with Crippen molar-refractivity contribution < 1.29 is 19.4 Å². The first-order valence-electron chi connectivity index (χ1n) is 5.19. The van der Waals surface area contributed by atoms with Crippen LogP contribution in [0.3, 0.4) is 0 Å². The van der Waals surface area contributed by atoms with E-state index in [1.54, 1.807) is 12.1 Å². The van der Waals surface area contributed by atoms with E-state index in [0.717, 1.165) is 11.1 Å². The predicted octanol–water partition coefficient (Wildman–Crippen LogP) is 0.576. The second-order valence-corrected chi connectivity index (χ2v) is 3.57. The molecule has 92 valence electrons. The van der Waals surface area contributed by atoms with Crippen LogP contribution in [0.2, 0.25) is 0 Å². The molecule has 0 unspecified atom stereocenters. The van der Waals surface area contributed by atoms with Gasteiger partial charge >= 0.3 is 11.9 Å². The molecule has 0 aromatic heterocycles. The third kappa shape index (κ3) is 5.12. The van der Waals surface area contributed by atoms with E-state index >= 15 is 0 Å². The smallest absolute Gasteiger partial charge is 0.319 e. The van der Waals surface area contributed by atoms with Gasteiger partial charge in [-0.3, -0.25) is 9.59 Å². The monoisotopic (exact) mass is 237 g/mol. The molecule has 0 aliphatic carbocycles. The Hall–Kier alpha value is -1.88. The molecule has 17 heavy (non-hydrogen) atoms. The highest BCUT2D eigenvalue weighted by Crippen LogP contribution is 2.05. The van der Waals surface area contributed by atoms with E-state index in [4.69, 9.17) is 5.11 Å². The molecular weight excluding hydrogens is 222 g/mol. The van der Waals surface area contributed by atoms with Crippen molar-refractivity contribution in [1.82, 2.24) is 5.32 Å². The van der Waals surface area contributed by atoms with Crippen molar-refractivity contribution in [2.75, 3.05) is 13.7 Å². The van der Waals surface area contributed by atoms with Crippen molar-refractivity contribution in [3.63, 3.8) is 0 Å². The molecule has 1 aromatic rings. The SMILES string of the molecule is COC(=O)CNCc1ccc(CC(=O)O)cc1. The van der Waals surface area contributed by atoms with Gasteiger partial charge in [0.2, 0.25) is 0 Å². The number of carbonyl (C=O) groups is 2. The summed E-state index contributed by atoms with van der Waals surface area (Å²) >= 11 is 0. The summed E-state index contributed by atoms with van der Waals surface area (Å²) < 4.78 is 4.48. The van der Waals surface area contributed by atoms with Crippen molar-refractivity contribution in [2.45, 2.75) is 13.0 Å². The van der Waals surface area contributed by atoms with Gasteiger partial charge in [-0.25, -0.2) is 0 Å². The number of hydrogen-bond acceptors (Lipinski definition) is 4. The Morgan fingerprint density at radius 2 is 1.82 bits per heavy atom. The molecule has 5 nitrogen and oxygen atoms in total. The first kappa shape index (κ1) is 13.2. The van der Waals surface area contributed by atoms with Crippen molar-refractivity contribution >= 4 is 11.9 Å². The summed E-state index contributed by atoms with van der Waals surface area (Å²) in [4.78, 5) is 21.3. The van der Waals surface area contributed by atoms with E-state index in [-0.39, 0.29) is 18.9 Å². The Balaban J connectivity index is 2.40. The normalized spacial score (nSPS) is 9.94. The Morgan fingerprint density at radius 3 is 2.35 bits per heavy atom. The second kappa shape index (κ2) is 6.65. The van der Waals surface area contributed by atoms with E-state index in [2.05, 4.69) is 10.1 Å². The van der Waals surface area contributed by atoms with E-state index in [1.165, 1.54) is 7.11 Å². The van der Waals surface area contributed by atoms with E-state index in [1.807, 2.05) is 12.1 Å². The minimum atomic E-state index is -0.846. The van der Waals surface area contributed by atoms with Crippen LogP contribution < -0.4 is 5.32 Å². The second-order valence-electron chi connectivity index (χ2n) is 3.57. The van der Waals surface area contributed by atoms with Gasteiger partial charge in [0.25, 0.3) is 0 Å². The molecule has 0 aliphatic heterocycles. The van der Waals surface area contributed by atoms with Crippen molar-refractivity contribution in [2.24, 2.45) is 0 Å². The number of aliphatic carboxylic acids is 1. The summed E-state index contributed by atoms with van der Waals surface area (Å²) in [5.74, 6) is -1.16. The van der Waals surface area contributed by atoms with Gasteiger partial charge in [0.15, 0.2) is 0 Å². The van der Waals surface area contributed by atoms with Gasteiger partial charge in [0.05, 0.1) is 20.1 Å². The van der Waals surface area contributed by atoms with Gasteiger partial charge in [-0.05, 0) is 11.1 Å². The molecule has 0 saturated heterocycles. The lowest BCUT2D eigenvalue weighted by Crippen LogP contribution is -2.23. The summed E-state index contributed by atoms with van der Waals surface area (Å²) in [6.45, 7) is 0.704. The molecule has 2 N–H and O–H groups in total. The zero-order valence-electron chi connectivity index (χ0n) is 9.60. The minimum absolute atomic E-state index is 0.0237. The predicted molar refractivity (Wildman–Crippen MR) is 61.5 cm³/mol. The average molecular weight is 237 g/mol. The Bertz CT molecular complexity index is 386. The lowest BCUT2D eigenvalue weighted by atomic mass is 10.1. The Kier molecular flexibility index (Phi) is 5.16. The lowest BCUT2D eigenvalue weighted by molar-refractivity contribution is -0.139. The molecule has 1 aromatic carbocycles. The molecule has 0 bridgehead atoms. The van der Waals surface area contributed by atoms with Crippen LogP contribution in [0.5, 0.6) is 0 Å². The fourth-order valence-electron chi connectivity index (χ4n) is 1.33. The number of esters is 1. The standard InChI is InChI=1S/C12H15NO4/c1-17-12(16)8-13-7-10-4-2-9(3-5-10)6-11(14)15/h2-5,13H,6-8H2,1H3,(H,14,15). The van der Waals surface area contributed by atoms with Gasteiger partial charge in [-0.1, -0.05) is 24.3 Å². The fraction of sp³-hybridized carbons (Fsp3) is 0.333. The van der Waals surface area contributed by atoms with Crippen molar-refractivity contribution in [1.29, 1.82) is 0 Å². The molecular formula is C12H15NO4. The number of hydrogen-bond donors (Lipinski definition) is 2. The minimum Gasteiger partial charge on any atom is -0.481 e. The van der Waals surface area contributed by atoms with Crippen LogP contribution in [0, 0.1) is 0 Å². The topological polar surface area (TPSA) is 75.6 Å². The molecule has 0 aliphatic rings. The molecule has 0 atom stereocenters. The molecule has 0 saturated carbocycles. The maximum absolute atomic E-state index is 10.8. The Morgan fingerprint density at radius 1 is 1.24 bits per heavy atom. The number of ether oxygens (including phenoxy) is 1. The lowest BCUT2D eigenvalue weighted by Gasteiger charge is -2.04. The fourth-order valence-corrected chi connectivity index (χ4v) is 1.33. The van der Waals surface area contributed by atoms with Crippen LogP contribution >= 0.6 is 0 Å². The first-order valence-corrected chi connectivity index (χ1v) is 5.19. The maximum atomic E-state index is 10.8. The largest absolute Gasteiger partial charge is 0.481 e. The van der Waals surface area contributed by atoms with Gasteiger partial charge in [-0.15, -0.1) is 0 Å². The molecule has 0 heterocycles. The summed E-state index contributed by atoms with van der Waals surface area (Å²) in [7, 11) is 1.34. The Labute approximate surface area is 99.4 Å². The van der Waals surface area contributed by atoms with Crippen LogP contribution in [0.1, 0.15) is 11.1 Å². The number of carbonyl (C=O) groups excluding carboxylic acids is 1. The number of rotatable bonds is 6. The molecule has 0 fully saturated rings. The van der Waals surface area contributed by atoms with E-state index < -0.39 is 5.97 Å². The average Bonchev–Trinajstić information content (AvgIpc) is 2.30.